The molecule has 3 aromatic carbocycles. The highest BCUT2D eigenvalue weighted by Crippen LogP contribution is 2.24. The normalized spacial score (nSPS) is 11.3. The van der Waals surface area contributed by atoms with Crippen LogP contribution in [0.4, 0.5) is 11.4 Å². The maximum atomic E-state index is 12.5. The van der Waals surface area contributed by atoms with Gasteiger partial charge in [0.1, 0.15) is 11.5 Å². The molecule has 6 heteroatoms. The van der Waals surface area contributed by atoms with Crippen LogP contribution in [0.2, 0.25) is 0 Å². The van der Waals surface area contributed by atoms with Gasteiger partial charge in [0.05, 0.1) is 12.8 Å². The Morgan fingerprint density at radius 1 is 0.903 bits per heavy atom. The summed E-state index contributed by atoms with van der Waals surface area (Å²) < 4.78 is 11.0. The first kappa shape index (κ1) is 21.9. The van der Waals surface area contributed by atoms with Crippen molar-refractivity contribution < 1.29 is 19.1 Å². The topological polar surface area (TPSA) is 76.7 Å². The smallest absolute Gasteiger partial charge is 0.265 e. The molecular formula is C25H26N2O4. The molecule has 0 spiro atoms. The molecule has 0 saturated carbocycles. The number of aryl methyl sites for hydroxylation is 1. The van der Waals surface area contributed by atoms with E-state index >= 15 is 0 Å². The van der Waals surface area contributed by atoms with Crippen LogP contribution in [-0.2, 0) is 11.2 Å². The van der Waals surface area contributed by atoms with E-state index in [1.54, 1.807) is 50.4 Å². The van der Waals surface area contributed by atoms with Crippen molar-refractivity contribution in [3.05, 3.63) is 83.9 Å². The summed E-state index contributed by atoms with van der Waals surface area (Å²) >= 11 is 0. The third-order valence-corrected chi connectivity index (χ3v) is 4.78. The monoisotopic (exact) mass is 418 g/mol. The van der Waals surface area contributed by atoms with Gasteiger partial charge >= 0.3 is 0 Å². The molecule has 3 rings (SSSR count). The number of ether oxygens (including phenoxy) is 2. The van der Waals surface area contributed by atoms with E-state index < -0.39 is 6.10 Å². The van der Waals surface area contributed by atoms with Crippen LogP contribution in [0.5, 0.6) is 11.5 Å². The lowest BCUT2D eigenvalue weighted by Crippen LogP contribution is -2.30. The molecular weight excluding hydrogens is 392 g/mol. The number of methoxy groups -OCH3 is 1. The number of rotatable bonds is 8. The van der Waals surface area contributed by atoms with Crippen molar-refractivity contribution in [2.45, 2.75) is 26.4 Å². The second-order valence-corrected chi connectivity index (χ2v) is 6.98. The second kappa shape index (κ2) is 10.3. The zero-order valence-corrected chi connectivity index (χ0v) is 17.8. The minimum absolute atomic E-state index is 0.248. The van der Waals surface area contributed by atoms with E-state index in [1.807, 2.05) is 36.4 Å². The number of nitrogens with one attached hydrogen (secondary N) is 2. The van der Waals surface area contributed by atoms with Crippen LogP contribution in [0.1, 0.15) is 29.8 Å². The lowest BCUT2D eigenvalue weighted by atomic mass is 10.1. The fourth-order valence-electron chi connectivity index (χ4n) is 2.95. The molecule has 0 aliphatic rings. The van der Waals surface area contributed by atoms with E-state index in [-0.39, 0.29) is 11.8 Å². The quantitative estimate of drug-likeness (QED) is 0.545. The second-order valence-electron chi connectivity index (χ2n) is 6.98. The van der Waals surface area contributed by atoms with Crippen molar-refractivity contribution in [3.8, 4) is 11.5 Å². The van der Waals surface area contributed by atoms with Crippen molar-refractivity contribution in [1.29, 1.82) is 0 Å². The fourth-order valence-corrected chi connectivity index (χ4v) is 2.95. The first-order chi connectivity index (χ1) is 15.0. The van der Waals surface area contributed by atoms with Gasteiger partial charge in [-0.1, -0.05) is 31.2 Å². The molecule has 2 N–H and O–H groups in total. The summed E-state index contributed by atoms with van der Waals surface area (Å²) in [5.41, 5.74) is 2.98. The van der Waals surface area contributed by atoms with Gasteiger partial charge in [-0.05, 0) is 67.4 Å². The first-order valence-electron chi connectivity index (χ1n) is 10.1. The van der Waals surface area contributed by atoms with Crippen molar-refractivity contribution >= 4 is 23.2 Å². The van der Waals surface area contributed by atoms with Crippen molar-refractivity contribution in [3.63, 3.8) is 0 Å². The molecule has 0 heterocycles. The molecule has 3 aromatic rings. The zero-order valence-electron chi connectivity index (χ0n) is 17.8. The molecule has 2 amide bonds. The summed E-state index contributed by atoms with van der Waals surface area (Å²) in [6.45, 7) is 3.76. The molecule has 0 unspecified atom stereocenters. The molecule has 0 fully saturated rings. The Kier molecular flexibility index (Phi) is 7.27. The fraction of sp³-hybridized carbons (Fsp3) is 0.200. The average Bonchev–Trinajstić information content (AvgIpc) is 2.80. The Morgan fingerprint density at radius 3 is 2.23 bits per heavy atom. The summed E-state index contributed by atoms with van der Waals surface area (Å²) in [4.78, 5) is 24.9. The van der Waals surface area contributed by atoms with Crippen LogP contribution < -0.4 is 20.1 Å². The van der Waals surface area contributed by atoms with Crippen LogP contribution in [0, 0.1) is 0 Å². The number of para-hydroxylation sites is 2. The molecule has 0 saturated heterocycles. The van der Waals surface area contributed by atoms with Crippen LogP contribution in [0.15, 0.2) is 72.8 Å². The Bertz CT molecular complexity index is 1030. The molecule has 0 aromatic heterocycles. The minimum Gasteiger partial charge on any atom is -0.495 e. The number of hydrogen-bond donors (Lipinski definition) is 2. The summed E-state index contributed by atoms with van der Waals surface area (Å²) in [6.07, 6.45) is 0.250. The molecule has 0 bridgehead atoms. The average molecular weight is 418 g/mol. The predicted molar refractivity (Wildman–Crippen MR) is 122 cm³/mol. The number of carbonyl (C=O) groups excluding carboxylic acids is 2. The number of carbonyl (C=O) groups is 2. The lowest BCUT2D eigenvalue weighted by Gasteiger charge is -2.15. The maximum absolute atomic E-state index is 12.5. The van der Waals surface area contributed by atoms with Crippen LogP contribution in [0.25, 0.3) is 0 Å². The van der Waals surface area contributed by atoms with E-state index in [0.29, 0.717) is 22.7 Å². The largest absolute Gasteiger partial charge is 0.495 e. The number of anilines is 2. The van der Waals surface area contributed by atoms with E-state index in [0.717, 1.165) is 12.1 Å². The molecule has 31 heavy (non-hydrogen) atoms. The zero-order chi connectivity index (χ0) is 22.2. The van der Waals surface area contributed by atoms with Gasteiger partial charge in [0.25, 0.3) is 11.8 Å². The van der Waals surface area contributed by atoms with Gasteiger partial charge in [-0.15, -0.1) is 0 Å². The Morgan fingerprint density at radius 2 is 1.58 bits per heavy atom. The predicted octanol–water partition coefficient (Wildman–Crippen LogP) is 4.92. The minimum atomic E-state index is -0.695. The van der Waals surface area contributed by atoms with E-state index in [1.165, 1.54) is 5.56 Å². The van der Waals surface area contributed by atoms with E-state index in [9.17, 15) is 9.59 Å². The summed E-state index contributed by atoms with van der Waals surface area (Å²) in [5.74, 6) is 0.567. The van der Waals surface area contributed by atoms with Gasteiger partial charge in [-0.3, -0.25) is 9.59 Å². The number of amides is 2. The lowest BCUT2D eigenvalue weighted by molar-refractivity contribution is -0.122. The van der Waals surface area contributed by atoms with Gasteiger partial charge in [-0.2, -0.15) is 0 Å². The summed E-state index contributed by atoms with van der Waals surface area (Å²) in [6, 6.07) is 21.5. The number of hydrogen-bond acceptors (Lipinski definition) is 4. The first-order valence-corrected chi connectivity index (χ1v) is 10.1. The van der Waals surface area contributed by atoms with Gasteiger partial charge < -0.3 is 20.1 Å². The summed E-state index contributed by atoms with van der Waals surface area (Å²) in [5, 5.41) is 5.66. The molecule has 0 aliphatic carbocycles. The molecule has 6 nitrogen and oxygen atoms in total. The molecule has 160 valence electrons. The Hall–Kier alpha value is -3.80. The van der Waals surface area contributed by atoms with Crippen LogP contribution >= 0.6 is 0 Å². The third kappa shape index (κ3) is 5.85. The van der Waals surface area contributed by atoms with Crippen LogP contribution in [0.3, 0.4) is 0 Å². The van der Waals surface area contributed by atoms with Gasteiger partial charge in [0, 0.05) is 11.3 Å². The van der Waals surface area contributed by atoms with Crippen molar-refractivity contribution in [2.75, 3.05) is 17.7 Å². The van der Waals surface area contributed by atoms with Crippen molar-refractivity contribution in [2.24, 2.45) is 0 Å². The highest BCUT2D eigenvalue weighted by Gasteiger charge is 2.16. The molecule has 1 atom stereocenters. The van der Waals surface area contributed by atoms with Gasteiger partial charge in [-0.25, -0.2) is 0 Å². The highest BCUT2D eigenvalue weighted by atomic mass is 16.5. The summed E-state index contributed by atoms with van der Waals surface area (Å²) in [7, 11) is 1.55. The van der Waals surface area contributed by atoms with Crippen molar-refractivity contribution in [1.82, 2.24) is 0 Å². The van der Waals surface area contributed by atoms with E-state index in [4.69, 9.17) is 9.47 Å². The molecule has 0 aliphatic heterocycles. The SMILES string of the molecule is CCc1ccc(NC(=O)[C@H](C)Oc2ccc(C(=O)Nc3ccccc3OC)cc2)cc1. The Balaban J connectivity index is 1.57. The standard InChI is InChI=1S/C25H26N2O4/c1-4-18-9-13-20(14-10-18)26-24(28)17(2)31-21-15-11-19(12-16-21)25(29)27-22-7-5-6-8-23(22)30-3/h5-17H,4H2,1-3H3,(H,26,28)(H,27,29)/t17-/m0/s1. The highest BCUT2D eigenvalue weighted by molar-refractivity contribution is 6.05. The number of benzene rings is 3. The third-order valence-electron chi connectivity index (χ3n) is 4.78. The maximum Gasteiger partial charge on any atom is 0.265 e. The van der Waals surface area contributed by atoms with Crippen LogP contribution in [-0.4, -0.2) is 25.0 Å². The van der Waals surface area contributed by atoms with Gasteiger partial charge in [0.15, 0.2) is 6.10 Å². The van der Waals surface area contributed by atoms with E-state index in [2.05, 4.69) is 17.6 Å². The molecule has 0 radical (unpaired) electrons. The van der Waals surface area contributed by atoms with Gasteiger partial charge in [0.2, 0.25) is 0 Å². The Labute approximate surface area is 182 Å².